The van der Waals surface area contributed by atoms with Gasteiger partial charge < -0.3 is 15.8 Å². The third-order valence-electron chi connectivity index (χ3n) is 3.12. The van der Waals surface area contributed by atoms with Crippen molar-refractivity contribution in [1.82, 2.24) is 9.97 Å². The molecular formula is C14H13N5O3. The number of cyclic esters (lactones) is 1. The van der Waals surface area contributed by atoms with E-state index in [1.807, 2.05) is 0 Å². The lowest BCUT2D eigenvalue weighted by atomic mass is 10.2. The maximum absolute atomic E-state index is 12.1. The highest BCUT2D eigenvalue weighted by atomic mass is 16.6. The first-order valence-electron chi connectivity index (χ1n) is 6.57. The minimum atomic E-state index is -0.466. The molecule has 0 saturated carbocycles. The molecule has 8 heteroatoms. The first kappa shape index (κ1) is 13.8. The predicted octanol–water partition coefficient (Wildman–Crippen LogP) is 1.27. The van der Waals surface area contributed by atoms with Crippen LogP contribution in [0.1, 0.15) is 10.5 Å². The van der Waals surface area contributed by atoms with E-state index in [2.05, 4.69) is 15.3 Å². The summed E-state index contributed by atoms with van der Waals surface area (Å²) in [6.45, 7) is 0.832. The van der Waals surface area contributed by atoms with Gasteiger partial charge in [0.05, 0.1) is 6.54 Å². The Morgan fingerprint density at radius 2 is 2.14 bits per heavy atom. The van der Waals surface area contributed by atoms with Gasteiger partial charge in [-0.05, 0) is 18.2 Å². The summed E-state index contributed by atoms with van der Waals surface area (Å²) in [5.41, 5.74) is 6.83. The number of ether oxygens (including phenoxy) is 1. The van der Waals surface area contributed by atoms with E-state index in [1.54, 1.807) is 24.3 Å². The number of amides is 2. The van der Waals surface area contributed by atoms with E-state index in [-0.39, 0.29) is 11.5 Å². The van der Waals surface area contributed by atoms with Crippen LogP contribution in [0.15, 0.2) is 36.7 Å². The Morgan fingerprint density at radius 1 is 1.32 bits per heavy atom. The molecule has 0 aliphatic carbocycles. The van der Waals surface area contributed by atoms with Crippen molar-refractivity contribution in [2.24, 2.45) is 0 Å². The highest BCUT2D eigenvalue weighted by molar-refractivity contribution is 6.06. The number of nitrogens with one attached hydrogen (secondary N) is 1. The zero-order chi connectivity index (χ0) is 15.5. The average molecular weight is 299 g/mol. The van der Waals surface area contributed by atoms with Crippen molar-refractivity contribution in [3.63, 3.8) is 0 Å². The van der Waals surface area contributed by atoms with E-state index in [0.29, 0.717) is 24.5 Å². The minimum absolute atomic E-state index is 0.0495. The molecule has 1 aromatic carbocycles. The second-order valence-corrected chi connectivity index (χ2v) is 4.56. The number of hydrogen-bond acceptors (Lipinski definition) is 6. The molecular weight excluding hydrogens is 286 g/mol. The smallest absolute Gasteiger partial charge is 0.414 e. The Morgan fingerprint density at radius 3 is 2.86 bits per heavy atom. The maximum Gasteiger partial charge on any atom is 0.414 e. The number of carbonyl (C=O) groups is 2. The van der Waals surface area contributed by atoms with Crippen LogP contribution in [0.2, 0.25) is 0 Å². The highest BCUT2D eigenvalue weighted by Crippen LogP contribution is 2.22. The molecule has 0 radical (unpaired) electrons. The standard InChI is InChI=1S/C14H13N5O3/c15-12-11(16-4-5-17-12)13(20)18-9-2-1-3-10(8-9)19-6-7-22-14(19)21/h1-5,8H,6-7H2,(H2,15,17)(H,18,20). The molecule has 2 aromatic rings. The van der Waals surface area contributed by atoms with Gasteiger partial charge in [-0.25, -0.2) is 14.8 Å². The van der Waals surface area contributed by atoms with E-state index in [0.717, 1.165) is 0 Å². The summed E-state index contributed by atoms with van der Waals surface area (Å²) in [5, 5.41) is 2.68. The lowest BCUT2D eigenvalue weighted by molar-refractivity contribution is 0.102. The Hall–Kier alpha value is -3.16. The van der Waals surface area contributed by atoms with Crippen LogP contribution in [0.25, 0.3) is 0 Å². The molecule has 2 heterocycles. The molecule has 0 spiro atoms. The summed E-state index contributed by atoms with van der Waals surface area (Å²) in [6.07, 6.45) is 2.40. The van der Waals surface area contributed by atoms with E-state index < -0.39 is 12.0 Å². The first-order chi connectivity index (χ1) is 10.6. The molecule has 8 nitrogen and oxygen atoms in total. The van der Waals surface area contributed by atoms with Crippen molar-refractivity contribution in [2.45, 2.75) is 0 Å². The molecule has 112 valence electrons. The minimum Gasteiger partial charge on any atom is -0.447 e. The predicted molar refractivity (Wildman–Crippen MR) is 79.5 cm³/mol. The summed E-state index contributed by atoms with van der Waals surface area (Å²) >= 11 is 0. The van der Waals surface area contributed by atoms with Crippen LogP contribution in [0.3, 0.4) is 0 Å². The van der Waals surface area contributed by atoms with Crippen LogP contribution >= 0.6 is 0 Å². The maximum atomic E-state index is 12.1. The number of rotatable bonds is 3. The van der Waals surface area contributed by atoms with Gasteiger partial charge in [0.1, 0.15) is 6.61 Å². The molecule has 3 rings (SSSR count). The van der Waals surface area contributed by atoms with E-state index in [9.17, 15) is 9.59 Å². The summed E-state index contributed by atoms with van der Waals surface area (Å²) in [5.74, 6) is -0.411. The average Bonchev–Trinajstić information content (AvgIpc) is 2.94. The molecule has 0 bridgehead atoms. The summed E-state index contributed by atoms with van der Waals surface area (Å²) in [6, 6.07) is 6.88. The molecule has 3 N–H and O–H groups in total. The second kappa shape index (κ2) is 5.68. The molecule has 0 unspecified atom stereocenters. The number of hydrogen-bond donors (Lipinski definition) is 2. The first-order valence-corrected chi connectivity index (χ1v) is 6.57. The monoisotopic (exact) mass is 299 g/mol. The van der Waals surface area contributed by atoms with Crippen molar-refractivity contribution < 1.29 is 14.3 Å². The Bertz CT molecular complexity index is 734. The Balaban J connectivity index is 1.80. The second-order valence-electron chi connectivity index (χ2n) is 4.56. The van der Waals surface area contributed by atoms with Gasteiger partial charge in [-0.2, -0.15) is 0 Å². The fourth-order valence-electron chi connectivity index (χ4n) is 2.09. The van der Waals surface area contributed by atoms with Gasteiger partial charge in [-0.1, -0.05) is 6.07 Å². The van der Waals surface area contributed by atoms with Crippen molar-refractivity contribution in [3.05, 3.63) is 42.4 Å². The number of nitrogens with zero attached hydrogens (tertiary/aromatic N) is 3. The third kappa shape index (κ3) is 2.66. The lowest BCUT2D eigenvalue weighted by Gasteiger charge is -2.14. The molecule has 0 atom stereocenters. The van der Waals surface area contributed by atoms with E-state index >= 15 is 0 Å². The fourth-order valence-corrected chi connectivity index (χ4v) is 2.09. The number of anilines is 3. The largest absolute Gasteiger partial charge is 0.447 e. The van der Waals surface area contributed by atoms with Crippen molar-refractivity contribution in [3.8, 4) is 0 Å². The molecule has 2 amide bonds. The quantitative estimate of drug-likeness (QED) is 0.883. The van der Waals surface area contributed by atoms with Crippen LogP contribution in [0, 0.1) is 0 Å². The van der Waals surface area contributed by atoms with Crippen molar-refractivity contribution >= 4 is 29.2 Å². The van der Waals surface area contributed by atoms with Crippen LogP contribution in [0.4, 0.5) is 22.0 Å². The Labute approximate surface area is 125 Å². The van der Waals surface area contributed by atoms with Gasteiger partial charge in [-0.15, -0.1) is 0 Å². The van der Waals surface area contributed by atoms with Crippen LogP contribution in [-0.4, -0.2) is 35.1 Å². The summed E-state index contributed by atoms with van der Waals surface area (Å²) in [4.78, 5) is 32.9. The van der Waals surface area contributed by atoms with Gasteiger partial charge in [-0.3, -0.25) is 9.69 Å². The van der Waals surface area contributed by atoms with Crippen LogP contribution in [0.5, 0.6) is 0 Å². The zero-order valence-corrected chi connectivity index (χ0v) is 11.5. The van der Waals surface area contributed by atoms with E-state index in [1.165, 1.54) is 17.3 Å². The summed E-state index contributed by atoms with van der Waals surface area (Å²) < 4.78 is 4.89. The molecule has 1 aromatic heterocycles. The number of nitrogens with two attached hydrogens (primary N) is 1. The van der Waals surface area contributed by atoms with Crippen molar-refractivity contribution in [1.29, 1.82) is 0 Å². The molecule has 1 aliphatic heterocycles. The Kier molecular flexibility index (Phi) is 3.57. The number of carbonyl (C=O) groups excluding carboxylic acids is 2. The normalized spacial score (nSPS) is 13.8. The number of nitrogen functional groups attached to an aromatic ring is 1. The summed E-state index contributed by atoms with van der Waals surface area (Å²) in [7, 11) is 0. The molecule has 1 aliphatic rings. The fraction of sp³-hybridized carbons (Fsp3) is 0.143. The van der Waals surface area contributed by atoms with Gasteiger partial charge in [0.2, 0.25) is 0 Å². The van der Waals surface area contributed by atoms with Gasteiger partial charge >= 0.3 is 6.09 Å². The SMILES string of the molecule is Nc1nccnc1C(=O)Nc1cccc(N2CCOC2=O)c1. The van der Waals surface area contributed by atoms with Crippen LogP contribution in [-0.2, 0) is 4.74 Å². The van der Waals surface area contributed by atoms with E-state index in [4.69, 9.17) is 10.5 Å². The lowest BCUT2D eigenvalue weighted by Crippen LogP contribution is -2.23. The number of aromatic nitrogens is 2. The molecule has 22 heavy (non-hydrogen) atoms. The highest BCUT2D eigenvalue weighted by Gasteiger charge is 2.23. The topological polar surface area (TPSA) is 110 Å². The van der Waals surface area contributed by atoms with Crippen molar-refractivity contribution in [2.75, 3.05) is 29.1 Å². The number of benzene rings is 1. The van der Waals surface area contributed by atoms with Gasteiger partial charge in [0.25, 0.3) is 5.91 Å². The van der Waals surface area contributed by atoms with Crippen LogP contribution < -0.4 is 16.0 Å². The molecule has 1 fully saturated rings. The molecule has 1 saturated heterocycles. The third-order valence-corrected chi connectivity index (χ3v) is 3.12. The zero-order valence-electron chi connectivity index (χ0n) is 11.5. The van der Waals surface area contributed by atoms with Gasteiger partial charge in [0.15, 0.2) is 11.5 Å². The van der Waals surface area contributed by atoms with Gasteiger partial charge in [0, 0.05) is 23.8 Å².